The molecule has 126 valence electrons. The van der Waals surface area contributed by atoms with Crippen LogP contribution in [0, 0.1) is 0 Å². The van der Waals surface area contributed by atoms with Crippen molar-refractivity contribution >= 4 is 5.91 Å². The lowest BCUT2D eigenvalue weighted by atomic mass is 9.97. The number of fused-ring (bicyclic) bond motifs is 1. The van der Waals surface area contributed by atoms with Crippen molar-refractivity contribution in [3.63, 3.8) is 0 Å². The fraction of sp³-hybridized carbons (Fsp3) is 0.368. The zero-order chi connectivity index (χ0) is 16.8. The summed E-state index contributed by atoms with van der Waals surface area (Å²) in [7, 11) is 1.95. The van der Waals surface area contributed by atoms with Crippen LogP contribution in [0.4, 0.5) is 0 Å². The molecule has 1 N–H and O–H groups in total. The summed E-state index contributed by atoms with van der Waals surface area (Å²) in [6, 6.07) is 12.2. The van der Waals surface area contributed by atoms with Crippen LogP contribution in [-0.2, 0) is 22.5 Å². The van der Waals surface area contributed by atoms with Crippen LogP contribution in [0.3, 0.4) is 0 Å². The van der Waals surface area contributed by atoms with Gasteiger partial charge in [-0.2, -0.15) is 0 Å². The average molecular weight is 325 g/mol. The second-order valence-electron chi connectivity index (χ2n) is 6.14. The van der Waals surface area contributed by atoms with E-state index in [2.05, 4.69) is 28.5 Å². The first kappa shape index (κ1) is 16.6. The molecule has 5 nitrogen and oxygen atoms in total. The van der Waals surface area contributed by atoms with Gasteiger partial charge in [0.15, 0.2) is 0 Å². The molecular weight excluding hydrogens is 302 g/mol. The smallest absolute Gasteiger partial charge is 0.234 e. The van der Waals surface area contributed by atoms with E-state index in [0.717, 1.165) is 18.6 Å². The zero-order valence-electron chi connectivity index (χ0n) is 13.9. The lowest BCUT2D eigenvalue weighted by Crippen LogP contribution is -2.37. The lowest BCUT2D eigenvalue weighted by molar-refractivity contribution is -0.122. The molecule has 5 heteroatoms. The van der Waals surface area contributed by atoms with E-state index in [0.29, 0.717) is 19.6 Å². The Morgan fingerprint density at radius 3 is 3.04 bits per heavy atom. The fourth-order valence-corrected chi connectivity index (χ4v) is 2.98. The number of amides is 1. The summed E-state index contributed by atoms with van der Waals surface area (Å²) in [5.41, 5.74) is 3.59. The maximum absolute atomic E-state index is 12.1. The molecule has 24 heavy (non-hydrogen) atoms. The first-order valence-corrected chi connectivity index (χ1v) is 8.26. The number of ether oxygens (including phenoxy) is 1. The van der Waals surface area contributed by atoms with Gasteiger partial charge in [0.05, 0.1) is 19.3 Å². The summed E-state index contributed by atoms with van der Waals surface area (Å²) in [6.07, 6.45) is 4.48. The van der Waals surface area contributed by atoms with Gasteiger partial charge in [-0.3, -0.25) is 14.7 Å². The summed E-state index contributed by atoms with van der Waals surface area (Å²) in [5.74, 6) is 0.00504. The molecule has 0 saturated heterocycles. The molecule has 0 aliphatic carbocycles. The van der Waals surface area contributed by atoms with Crippen LogP contribution in [0.15, 0.2) is 48.8 Å². The number of hydrogen-bond acceptors (Lipinski definition) is 4. The van der Waals surface area contributed by atoms with Gasteiger partial charge in [-0.1, -0.05) is 30.3 Å². The minimum absolute atomic E-state index is 0.00504. The molecule has 0 fully saturated rings. The molecule has 1 aliphatic heterocycles. The Morgan fingerprint density at radius 1 is 1.33 bits per heavy atom. The highest BCUT2D eigenvalue weighted by molar-refractivity contribution is 5.77. The summed E-state index contributed by atoms with van der Waals surface area (Å²) in [4.78, 5) is 18.1. The van der Waals surface area contributed by atoms with Gasteiger partial charge in [-0.15, -0.1) is 0 Å². The SMILES string of the molecule is CN(CC(=O)NCc1cccnc1)CC1OCCc2ccccc21. The van der Waals surface area contributed by atoms with E-state index in [-0.39, 0.29) is 12.0 Å². The largest absolute Gasteiger partial charge is 0.372 e. The molecule has 0 bridgehead atoms. The average Bonchev–Trinajstić information content (AvgIpc) is 2.61. The molecule has 1 aliphatic rings. The van der Waals surface area contributed by atoms with Crippen molar-refractivity contribution in [3.05, 3.63) is 65.5 Å². The number of carbonyl (C=O) groups is 1. The normalized spacial score (nSPS) is 16.7. The Labute approximate surface area is 142 Å². The van der Waals surface area contributed by atoms with Crippen molar-refractivity contribution in [1.82, 2.24) is 15.2 Å². The van der Waals surface area contributed by atoms with Crippen LogP contribution in [0.5, 0.6) is 0 Å². The highest BCUT2D eigenvalue weighted by atomic mass is 16.5. The molecule has 0 radical (unpaired) electrons. The Hall–Kier alpha value is -2.24. The molecular formula is C19H23N3O2. The van der Waals surface area contributed by atoms with Crippen molar-refractivity contribution in [2.24, 2.45) is 0 Å². The lowest BCUT2D eigenvalue weighted by Gasteiger charge is -2.29. The quantitative estimate of drug-likeness (QED) is 0.882. The monoisotopic (exact) mass is 325 g/mol. The molecule has 1 unspecified atom stereocenters. The predicted molar refractivity (Wildman–Crippen MR) is 92.4 cm³/mol. The van der Waals surface area contributed by atoms with Gasteiger partial charge in [0.25, 0.3) is 0 Å². The van der Waals surface area contributed by atoms with Gasteiger partial charge in [0, 0.05) is 25.5 Å². The molecule has 2 heterocycles. The van der Waals surface area contributed by atoms with Crippen LogP contribution in [0.2, 0.25) is 0 Å². The highest BCUT2D eigenvalue weighted by Crippen LogP contribution is 2.27. The van der Waals surface area contributed by atoms with E-state index in [1.54, 1.807) is 12.4 Å². The second-order valence-corrected chi connectivity index (χ2v) is 6.14. The molecule has 0 saturated carbocycles. The van der Waals surface area contributed by atoms with E-state index >= 15 is 0 Å². The highest BCUT2D eigenvalue weighted by Gasteiger charge is 2.22. The van der Waals surface area contributed by atoms with Crippen LogP contribution < -0.4 is 5.32 Å². The van der Waals surface area contributed by atoms with Crippen LogP contribution >= 0.6 is 0 Å². The van der Waals surface area contributed by atoms with Crippen molar-refractivity contribution in [2.45, 2.75) is 19.1 Å². The predicted octanol–water partition coefficient (Wildman–Crippen LogP) is 1.94. The molecule has 1 amide bonds. The van der Waals surface area contributed by atoms with Gasteiger partial charge in [0.1, 0.15) is 0 Å². The third kappa shape index (κ3) is 4.40. The molecule has 1 aromatic heterocycles. The number of carbonyl (C=O) groups excluding carboxylic acids is 1. The van der Waals surface area contributed by atoms with Gasteiger partial charge in [-0.05, 0) is 36.2 Å². The molecule has 2 aromatic rings. The number of aromatic nitrogens is 1. The summed E-state index contributed by atoms with van der Waals surface area (Å²) in [6.45, 7) is 2.30. The molecule has 3 rings (SSSR count). The van der Waals surface area contributed by atoms with Gasteiger partial charge in [0.2, 0.25) is 5.91 Å². The van der Waals surface area contributed by atoms with Crippen LogP contribution in [-0.4, -0.2) is 42.5 Å². The van der Waals surface area contributed by atoms with Crippen molar-refractivity contribution in [1.29, 1.82) is 0 Å². The fourth-order valence-electron chi connectivity index (χ4n) is 2.98. The number of benzene rings is 1. The standard InChI is InChI=1S/C19H23N3O2/c1-22(14-19(23)21-12-15-5-4-9-20-11-15)13-18-17-7-3-2-6-16(17)8-10-24-18/h2-7,9,11,18H,8,10,12-14H2,1H3,(H,21,23). The van der Waals surface area contributed by atoms with E-state index < -0.39 is 0 Å². The minimum Gasteiger partial charge on any atom is -0.372 e. The van der Waals surface area contributed by atoms with Crippen LogP contribution in [0.25, 0.3) is 0 Å². The maximum Gasteiger partial charge on any atom is 0.234 e. The van der Waals surface area contributed by atoms with Crippen molar-refractivity contribution in [2.75, 3.05) is 26.7 Å². The zero-order valence-corrected chi connectivity index (χ0v) is 13.9. The van der Waals surface area contributed by atoms with Gasteiger partial charge in [-0.25, -0.2) is 0 Å². The summed E-state index contributed by atoms with van der Waals surface area (Å²) in [5, 5.41) is 2.92. The number of nitrogens with zero attached hydrogens (tertiary/aromatic N) is 2. The van der Waals surface area contributed by atoms with E-state index in [1.807, 2.05) is 30.1 Å². The first-order chi connectivity index (χ1) is 11.7. The first-order valence-electron chi connectivity index (χ1n) is 8.26. The number of nitrogens with one attached hydrogen (secondary N) is 1. The number of pyridine rings is 1. The number of hydrogen-bond donors (Lipinski definition) is 1. The van der Waals surface area contributed by atoms with E-state index in [1.165, 1.54) is 11.1 Å². The third-order valence-corrected chi connectivity index (χ3v) is 4.20. The van der Waals surface area contributed by atoms with E-state index in [4.69, 9.17) is 4.74 Å². The topological polar surface area (TPSA) is 54.5 Å². The Bertz CT molecular complexity index is 675. The van der Waals surface area contributed by atoms with Crippen LogP contribution in [0.1, 0.15) is 22.8 Å². The number of likely N-dealkylation sites (N-methyl/N-ethyl adjacent to an activating group) is 1. The Morgan fingerprint density at radius 2 is 2.21 bits per heavy atom. The Balaban J connectivity index is 1.49. The maximum atomic E-state index is 12.1. The Kier molecular flexibility index (Phi) is 5.56. The van der Waals surface area contributed by atoms with Crippen molar-refractivity contribution < 1.29 is 9.53 Å². The van der Waals surface area contributed by atoms with Gasteiger partial charge >= 0.3 is 0 Å². The third-order valence-electron chi connectivity index (χ3n) is 4.20. The summed E-state index contributed by atoms with van der Waals surface area (Å²) >= 11 is 0. The number of rotatable bonds is 6. The second kappa shape index (κ2) is 8.04. The molecule has 1 atom stereocenters. The minimum atomic E-state index is 0.00504. The van der Waals surface area contributed by atoms with Gasteiger partial charge < -0.3 is 10.1 Å². The molecule has 1 aromatic carbocycles. The van der Waals surface area contributed by atoms with E-state index in [9.17, 15) is 4.79 Å². The van der Waals surface area contributed by atoms with Crippen molar-refractivity contribution in [3.8, 4) is 0 Å². The summed E-state index contributed by atoms with van der Waals surface area (Å²) < 4.78 is 5.90. The molecule has 0 spiro atoms.